The van der Waals surface area contributed by atoms with Crippen molar-refractivity contribution >= 4 is 11.7 Å². The van der Waals surface area contributed by atoms with Gasteiger partial charge in [0, 0.05) is 43.8 Å². The molecule has 1 aromatic carbocycles. The van der Waals surface area contributed by atoms with Crippen molar-refractivity contribution in [2.45, 2.75) is 39.2 Å². The molecule has 7 heteroatoms. The van der Waals surface area contributed by atoms with Crippen LogP contribution in [0.4, 0.5) is 5.82 Å². The van der Waals surface area contributed by atoms with Crippen LogP contribution in [0.3, 0.4) is 0 Å². The van der Waals surface area contributed by atoms with Gasteiger partial charge in [-0.15, -0.1) is 0 Å². The second-order valence-corrected chi connectivity index (χ2v) is 8.10. The molecule has 0 aliphatic carbocycles. The fourth-order valence-corrected chi connectivity index (χ4v) is 3.85. The maximum absolute atomic E-state index is 12.8. The number of rotatable bonds is 7. The van der Waals surface area contributed by atoms with Gasteiger partial charge >= 0.3 is 0 Å². The first-order valence-electron chi connectivity index (χ1n) is 10.8. The maximum Gasteiger partial charge on any atom is 0.256 e. The summed E-state index contributed by atoms with van der Waals surface area (Å²) in [6.45, 7) is 7.23. The number of nitrogens with one attached hydrogen (secondary N) is 1. The monoisotopic (exact) mass is 432 g/mol. The highest BCUT2D eigenvalue weighted by Gasteiger charge is 2.22. The third kappa shape index (κ3) is 5.90. The number of hydrogen-bond donors (Lipinski definition) is 1. The summed E-state index contributed by atoms with van der Waals surface area (Å²) in [6.07, 6.45) is 5.53. The molecule has 7 nitrogen and oxygen atoms in total. The molecule has 0 radical (unpaired) electrons. The Bertz CT molecular complexity index is 1020. The van der Waals surface area contributed by atoms with E-state index in [9.17, 15) is 4.79 Å². The fraction of sp³-hybridized carbons (Fsp3) is 0.320. The van der Waals surface area contributed by atoms with Crippen molar-refractivity contribution < 1.29 is 14.3 Å². The molecular weight excluding hydrogens is 404 g/mol. The number of carbonyl (C=O) groups excluding carboxylic acids is 1. The second kappa shape index (κ2) is 10.3. The minimum Gasteiger partial charge on any atom is -0.485 e. The third-order valence-corrected chi connectivity index (χ3v) is 5.26. The lowest BCUT2D eigenvalue weighted by Crippen LogP contribution is -2.44. The first kappa shape index (κ1) is 21.9. The van der Waals surface area contributed by atoms with Gasteiger partial charge in [-0.05, 0) is 61.4 Å². The number of carbonyl (C=O) groups is 1. The standard InChI is InChI=1S/C25H28N4O3/c1-18-14-29(15-19(2)32-18)16-20-5-7-22(8-6-20)25(30)28-24-23(4-3-11-27-24)31-17-21-9-12-26-13-10-21/h3-13,18-19H,14-17H2,1-2H3,(H,27,28,30). The lowest BCUT2D eigenvalue weighted by molar-refractivity contribution is -0.0704. The van der Waals surface area contributed by atoms with E-state index in [0.29, 0.717) is 23.7 Å². The predicted molar refractivity (Wildman–Crippen MR) is 122 cm³/mol. The largest absolute Gasteiger partial charge is 0.485 e. The summed E-state index contributed by atoms with van der Waals surface area (Å²) in [5, 5.41) is 2.86. The fourth-order valence-electron chi connectivity index (χ4n) is 3.85. The molecule has 0 spiro atoms. The Balaban J connectivity index is 1.37. The molecule has 1 amide bonds. The molecule has 2 unspecified atom stereocenters. The highest BCUT2D eigenvalue weighted by Crippen LogP contribution is 2.23. The van der Waals surface area contributed by atoms with Crippen LogP contribution in [-0.2, 0) is 17.9 Å². The molecule has 0 bridgehead atoms. The molecule has 0 saturated carbocycles. The predicted octanol–water partition coefficient (Wildman–Crippen LogP) is 3.92. The number of amides is 1. The second-order valence-electron chi connectivity index (χ2n) is 8.10. The molecular formula is C25H28N4O3. The molecule has 32 heavy (non-hydrogen) atoms. The summed E-state index contributed by atoms with van der Waals surface area (Å²) in [6, 6.07) is 15.0. The van der Waals surface area contributed by atoms with Gasteiger partial charge < -0.3 is 14.8 Å². The van der Waals surface area contributed by atoms with Crippen molar-refractivity contribution in [3.8, 4) is 5.75 Å². The first-order valence-corrected chi connectivity index (χ1v) is 10.8. The van der Waals surface area contributed by atoms with Crippen LogP contribution in [0.2, 0.25) is 0 Å². The SMILES string of the molecule is CC1CN(Cc2ccc(C(=O)Nc3ncccc3OCc3ccncc3)cc2)CC(C)O1. The normalized spacial score (nSPS) is 18.8. The molecule has 2 atom stereocenters. The zero-order valence-corrected chi connectivity index (χ0v) is 18.4. The van der Waals surface area contributed by atoms with Crippen molar-refractivity contribution in [1.29, 1.82) is 0 Å². The number of nitrogens with zero attached hydrogens (tertiary/aromatic N) is 3. The molecule has 1 fully saturated rings. The van der Waals surface area contributed by atoms with Gasteiger partial charge in [0.2, 0.25) is 0 Å². The van der Waals surface area contributed by atoms with Gasteiger partial charge in [-0.3, -0.25) is 14.7 Å². The minimum atomic E-state index is -0.224. The Morgan fingerprint density at radius 1 is 1.03 bits per heavy atom. The van der Waals surface area contributed by atoms with Gasteiger partial charge in [0.25, 0.3) is 5.91 Å². The van der Waals surface area contributed by atoms with Crippen LogP contribution in [0.5, 0.6) is 5.75 Å². The summed E-state index contributed by atoms with van der Waals surface area (Å²) in [4.78, 5) is 23.4. The van der Waals surface area contributed by atoms with E-state index in [-0.39, 0.29) is 18.1 Å². The van der Waals surface area contributed by atoms with Crippen LogP contribution in [0, 0.1) is 0 Å². The van der Waals surface area contributed by atoms with E-state index >= 15 is 0 Å². The number of ether oxygens (including phenoxy) is 2. The molecule has 1 aliphatic rings. The molecule has 4 rings (SSSR count). The van der Waals surface area contributed by atoms with Gasteiger partial charge in [0.15, 0.2) is 11.6 Å². The summed E-state index contributed by atoms with van der Waals surface area (Å²) < 4.78 is 11.7. The highest BCUT2D eigenvalue weighted by molar-refractivity contribution is 6.04. The molecule has 166 valence electrons. The Hall–Kier alpha value is -3.29. The summed E-state index contributed by atoms with van der Waals surface area (Å²) in [7, 11) is 0. The summed E-state index contributed by atoms with van der Waals surface area (Å²) in [5.41, 5.74) is 2.73. The Kier molecular flexibility index (Phi) is 7.09. The van der Waals surface area contributed by atoms with Crippen LogP contribution in [-0.4, -0.2) is 46.1 Å². The average molecular weight is 433 g/mol. The lowest BCUT2D eigenvalue weighted by Gasteiger charge is -2.35. The molecule has 1 saturated heterocycles. The van der Waals surface area contributed by atoms with Crippen LogP contribution >= 0.6 is 0 Å². The minimum absolute atomic E-state index is 0.224. The van der Waals surface area contributed by atoms with Crippen LogP contribution in [0.1, 0.15) is 35.3 Å². The molecule has 1 aliphatic heterocycles. The van der Waals surface area contributed by atoms with E-state index in [1.54, 1.807) is 30.7 Å². The van der Waals surface area contributed by atoms with Gasteiger partial charge in [-0.2, -0.15) is 0 Å². The van der Waals surface area contributed by atoms with Crippen molar-refractivity contribution in [2.75, 3.05) is 18.4 Å². The topological polar surface area (TPSA) is 76.6 Å². The van der Waals surface area contributed by atoms with E-state index in [1.165, 1.54) is 5.56 Å². The van der Waals surface area contributed by atoms with Gasteiger partial charge in [0.1, 0.15) is 6.61 Å². The third-order valence-electron chi connectivity index (χ3n) is 5.26. The highest BCUT2D eigenvalue weighted by atomic mass is 16.5. The summed E-state index contributed by atoms with van der Waals surface area (Å²) >= 11 is 0. The van der Waals surface area contributed by atoms with Crippen molar-refractivity contribution in [3.05, 3.63) is 83.8 Å². The van der Waals surface area contributed by atoms with Gasteiger partial charge in [-0.1, -0.05) is 12.1 Å². The van der Waals surface area contributed by atoms with Gasteiger partial charge in [-0.25, -0.2) is 4.98 Å². The average Bonchev–Trinajstić information content (AvgIpc) is 2.79. The Morgan fingerprint density at radius 2 is 1.75 bits per heavy atom. The van der Waals surface area contributed by atoms with Crippen molar-refractivity contribution in [2.24, 2.45) is 0 Å². The van der Waals surface area contributed by atoms with Gasteiger partial charge in [0.05, 0.1) is 12.2 Å². The van der Waals surface area contributed by atoms with E-state index < -0.39 is 0 Å². The van der Waals surface area contributed by atoms with Crippen molar-refractivity contribution in [1.82, 2.24) is 14.9 Å². The number of hydrogen-bond acceptors (Lipinski definition) is 6. The zero-order valence-electron chi connectivity index (χ0n) is 18.4. The maximum atomic E-state index is 12.8. The summed E-state index contributed by atoms with van der Waals surface area (Å²) in [5.74, 6) is 0.689. The zero-order chi connectivity index (χ0) is 22.3. The first-order chi connectivity index (χ1) is 15.6. The van der Waals surface area contributed by atoms with E-state index in [0.717, 1.165) is 25.2 Å². The van der Waals surface area contributed by atoms with Crippen LogP contribution in [0.25, 0.3) is 0 Å². The van der Waals surface area contributed by atoms with Crippen LogP contribution < -0.4 is 10.1 Å². The van der Waals surface area contributed by atoms with E-state index in [2.05, 4.69) is 34.0 Å². The molecule has 1 N–H and O–H groups in total. The molecule has 3 aromatic rings. The smallest absolute Gasteiger partial charge is 0.256 e. The quantitative estimate of drug-likeness (QED) is 0.610. The lowest BCUT2D eigenvalue weighted by atomic mass is 10.1. The number of morpholine rings is 1. The molecule has 2 aromatic heterocycles. The van der Waals surface area contributed by atoms with Crippen molar-refractivity contribution in [3.63, 3.8) is 0 Å². The number of benzene rings is 1. The number of aromatic nitrogens is 2. The number of anilines is 1. The Labute approximate surface area is 188 Å². The van der Waals surface area contributed by atoms with Crippen LogP contribution in [0.15, 0.2) is 67.1 Å². The Morgan fingerprint density at radius 3 is 2.47 bits per heavy atom. The molecule has 3 heterocycles. The number of pyridine rings is 2. The van der Waals surface area contributed by atoms with E-state index in [1.807, 2.05) is 36.4 Å². The van der Waals surface area contributed by atoms with E-state index in [4.69, 9.17) is 9.47 Å².